The van der Waals surface area contributed by atoms with Gasteiger partial charge in [0.15, 0.2) is 15.6 Å². The van der Waals surface area contributed by atoms with Crippen LogP contribution in [0.3, 0.4) is 0 Å². The van der Waals surface area contributed by atoms with Crippen molar-refractivity contribution in [1.29, 1.82) is 0 Å². The van der Waals surface area contributed by atoms with E-state index in [2.05, 4.69) is 34.7 Å². The van der Waals surface area contributed by atoms with Crippen molar-refractivity contribution in [3.63, 3.8) is 0 Å². The maximum absolute atomic E-state index is 14.3. The van der Waals surface area contributed by atoms with E-state index in [4.69, 9.17) is 4.55 Å². The number of hydrogen-bond acceptors (Lipinski definition) is 17. The van der Waals surface area contributed by atoms with Crippen molar-refractivity contribution < 1.29 is 61.0 Å². The van der Waals surface area contributed by atoms with Gasteiger partial charge in [0, 0.05) is 30.1 Å². The average Bonchev–Trinajstić information content (AvgIpc) is 2.97. The van der Waals surface area contributed by atoms with Crippen molar-refractivity contribution in [2.24, 2.45) is 10.2 Å². The number of aromatic nitrogens is 3. The number of benzene rings is 3. The second-order valence-corrected chi connectivity index (χ2v) is 16.0. The van der Waals surface area contributed by atoms with Gasteiger partial charge in [0.2, 0.25) is 11.9 Å². The van der Waals surface area contributed by atoms with Gasteiger partial charge in [-0.3, -0.25) is 13.7 Å². The highest BCUT2D eigenvalue weighted by Gasteiger charge is 2.22. The first-order valence-corrected chi connectivity index (χ1v) is 19.2. The molecule has 20 nitrogen and oxygen atoms in total. The minimum Gasteiger partial charge on any atom is -0.505 e. The summed E-state index contributed by atoms with van der Waals surface area (Å²) in [5.41, 5.74) is -1.14. The van der Waals surface area contributed by atoms with Gasteiger partial charge in [-0.1, -0.05) is 24.3 Å². The first-order chi connectivity index (χ1) is 22.6. The van der Waals surface area contributed by atoms with E-state index < -0.39 is 97.5 Å². The molecule has 3 aromatic carbocycles. The van der Waals surface area contributed by atoms with Gasteiger partial charge in [-0.25, -0.2) is 12.6 Å². The summed E-state index contributed by atoms with van der Waals surface area (Å²) in [6.45, 7) is -1.15. The molecule has 0 aliphatic heterocycles. The predicted molar refractivity (Wildman–Crippen MR) is 168 cm³/mol. The Kier molecular flexibility index (Phi) is 10.8. The maximum Gasteiger partial charge on any atom is 0.397 e. The number of azo groups is 1. The average molecular weight is 766 g/mol. The van der Waals surface area contributed by atoms with Crippen molar-refractivity contribution in [2.45, 2.75) is 9.79 Å². The van der Waals surface area contributed by atoms with Crippen molar-refractivity contribution in [3.05, 3.63) is 54.6 Å². The largest absolute Gasteiger partial charge is 0.505 e. The van der Waals surface area contributed by atoms with Gasteiger partial charge in [-0.15, -0.1) is 10.2 Å². The number of anilines is 3. The number of rotatable bonds is 14. The Bertz CT molecular complexity index is 2400. The lowest BCUT2D eigenvalue weighted by Gasteiger charge is -2.17. The number of fused-ring (bicyclic) bond motifs is 1. The third-order valence-corrected chi connectivity index (χ3v) is 10.1. The molecular weight excluding hydrogens is 742 g/mol. The molecule has 1 aromatic heterocycles. The van der Waals surface area contributed by atoms with E-state index in [9.17, 15) is 52.3 Å². The van der Waals surface area contributed by atoms with Crippen molar-refractivity contribution in [1.82, 2.24) is 15.0 Å². The quantitative estimate of drug-likeness (QED) is 0.0907. The molecule has 264 valence electrons. The summed E-state index contributed by atoms with van der Waals surface area (Å²) in [6, 6.07) is 9.30. The summed E-state index contributed by atoms with van der Waals surface area (Å²) in [5.74, 6) is -2.76. The number of nitrogens with one attached hydrogen (secondary N) is 1. The van der Waals surface area contributed by atoms with Crippen LogP contribution in [0.1, 0.15) is 0 Å². The zero-order chi connectivity index (χ0) is 36.4. The van der Waals surface area contributed by atoms with E-state index in [1.54, 1.807) is 0 Å². The summed E-state index contributed by atoms with van der Waals surface area (Å²) in [7, 11) is -17.2. The van der Waals surface area contributed by atoms with Gasteiger partial charge in [0.05, 0.1) is 18.1 Å². The van der Waals surface area contributed by atoms with Crippen LogP contribution >= 0.6 is 0 Å². The van der Waals surface area contributed by atoms with Gasteiger partial charge in [0.1, 0.15) is 21.2 Å². The molecule has 0 aliphatic rings. The standard InChI is InChI=1S/C24H24FN7O13S4/c1-32(8-10-46(34,35)11-9-45-49(42,43)44)24-28-22(25)27-23(29-24)26-14-6-7-19(47(36,37)38)17(12-14)30-31-18-13-20(48(39,40)41)15-4-2-3-5-16(15)21(18)33/h2-7,12-13,33H,8-11H2,1H3,(H,36,37,38)(H,39,40,41)(H,42,43,44)(H,26,27,28,29). The molecule has 4 rings (SSSR count). The van der Waals surface area contributed by atoms with Crippen molar-refractivity contribution >= 4 is 80.2 Å². The number of hydrogen-bond donors (Lipinski definition) is 5. The van der Waals surface area contributed by atoms with Gasteiger partial charge in [-0.2, -0.15) is 44.6 Å². The molecule has 0 fully saturated rings. The molecule has 0 aliphatic carbocycles. The molecular formula is C24H24FN7O13S4. The van der Waals surface area contributed by atoms with Gasteiger partial charge in [-0.05, 0) is 24.3 Å². The number of halogens is 1. The summed E-state index contributed by atoms with van der Waals surface area (Å²) in [5, 5.41) is 20.6. The first-order valence-electron chi connectivity index (χ1n) is 13.1. The molecule has 0 unspecified atom stereocenters. The van der Waals surface area contributed by atoms with Crippen LogP contribution < -0.4 is 10.2 Å². The number of aromatic hydroxyl groups is 1. The second-order valence-electron chi connectivity index (χ2n) is 9.80. The Balaban J connectivity index is 1.62. The third-order valence-electron chi connectivity index (χ3n) is 6.30. The highest BCUT2D eigenvalue weighted by Crippen LogP contribution is 2.40. The lowest BCUT2D eigenvalue weighted by atomic mass is 10.1. The smallest absolute Gasteiger partial charge is 0.397 e. The second kappa shape index (κ2) is 14.2. The van der Waals surface area contributed by atoms with Crippen LogP contribution in [0, 0.1) is 6.08 Å². The van der Waals surface area contributed by atoms with Gasteiger partial charge >= 0.3 is 16.5 Å². The summed E-state index contributed by atoms with van der Waals surface area (Å²) < 4.78 is 140. The Morgan fingerprint density at radius 2 is 1.45 bits per heavy atom. The summed E-state index contributed by atoms with van der Waals surface area (Å²) in [6.07, 6.45) is -1.32. The Morgan fingerprint density at radius 1 is 0.816 bits per heavy atom. The number of phenols is 1. The third kappa shape index (κ3) is 10.0. The van der Waals surface area contributed by atoms with E-state index in [1.165, 1.54) is 31.3 Å². The fourth-order valence-corrected chi connectivity index (χ4v) is 6.85. The maximum atomic E-state index is 14.3. The lowest BCUT2D eigenvalue weighted by molar-refractivity contribution is 0.284. The molecule has 0 saturated carbocycles. The molecule has 4 aromatic rings. The monoisotopic (exact) mass is 765 g/mol. The zero-order valence-corrected chi connectivity index (χ0v) is 27.9. The minimum absolute atomic E-state index is 0.0432. The fraction of sp³-hybridized carbons (Fsp3) is 0.208. The van der Waals surface area contributed by atoms with E-state index in [0.29, 0.717) is 0 Å². The van der Waals surface area contributed by atoms with Crippen molar-refractivity contribution in [3.8, 4) is 5.75 Å². The van der Waals surface area contributed by atoms with Crippen LogP contribution in [0.2, 0.25) is 0 Å². The highest BCUT2D eigenvalue weighted by molar-refractivity contribution is 7.91. The molecule has 0 radical (unpaired) electrons. The Labute approximate surface area is 277 Å². The molecule has 0 saturated heterocycles. The van der Waals surface area contributed by atoms with Gasteiger partial charge < -0.3 is 15.3 Å². The van der Waals surface area contributed by atoms with Crippen LogP contribution in [0.5, 0.6) is 5.75 Å². The van der Waals surface area contributed by atoms with E-state index >= 15 is 0 Å². The summed E-state index contributed by atoms with van der Waals surface area (Å²) >= 11 is 0. The molecule has 25 heteroatoms. The lowest BCUT2D eigenvalue weighted by Crippen LogP contribution is -2.29. The van der Waals surface area contributed by atoms with Gasteiger partial charge in [0.25, 0.3) is 20.2 Å². The Hall–Kier alpha value is -4.50. The normalized spacial score (nSPS) is 12.8. The zero-order valence-electron chi connectivity index (χ0n) is 24.6. The molecule has 5 N–H and O–H groups in total. The van der Waals surface area contributed by atoms with E-state index in [0.717, 1.165) is 29.2 Å². The molecule has 0 bridgehead atoms. The molecule has 0 spiro atoms. The van der Waals surface area contributed by atoms with E-state index in [1.807, 2.05) is 0 Å². The van der Waals surface area contributed by atoms with E-state index in [-0.39, 0.29) is 29.0 Å². The highest BCUT2D eigenvalue weighted by atomic mass is 32.3. The number of nitrogens with zero attached hydrogens (tertiary/aromatic N) is 6. The molecule has 1 heterocycles. The fourth-order valence-electron chi connectivity index (χ4n) is 4.04. The minimum atomic E-state index is -4.95. The molecule has 0 atom stereocenters. The van der Waals surface area contributed by atoms with Crippen LogP contribution in [0.25, 0.3) is 10.8 Å². The molecule has 49 heavy (non-hydrogen) atoms. The van der Waals surface area contributed by atoms with Crippen LogP contribution in [-0.4, -0.2) is 99.1 Å². The van der Waals surface area contributed by atoms with Crippen LogP contribution in [-0.2, 0) is 44.7 Å². The summed E-state index contributed by atoms with van der Waals surface area (Å²) in [4.78, 5) is 10.6. The first kappa shape index (κ1) is 37.3. The van der Waals surface area contributed by atoms with Crippen molar-refractivity contribution in [2.75, 3.05) is 41.9 Å². The van der Waals surface area contributed by atoms with Crippen LogP contribution in [0.4, 0.5) is 33.3 Å². The molecule has 0 amide bonds. The van der Waals surface area contributed by atoms with Crippen LogP contribution in [0.15, 0.2) is 68.6 Å². The topological polar surface area (TPSA) is 305 Å². The Morgan fingerprint density at radius 3 is 2.08 bits per heavy atom. The number of phenolic OH excluding ortho intramolecular Hbond substituents is 1. The number of sulfone groups is 1. The SMILES string of the molecule is CN(CCS(=O)(=O)CCOS(=O)(=O)O)c1nc(F)nc(Nc2ccc(S(=O)(=O)O)c(N=Nc3cc(S(=O)(=O)O)c4ccccc4c3O)c2)n1. The predicted octanol–water partition coefficient (Wildman–Crippen LogP) is 2.19.